The molecule has 0 fully saturated rings. The van der Waals surface area contributed by atoms with Gasteiger partial charge in [0.1, 0.15) is 5.01 Å². The first-order valence-corrected chi connectivity index (χ1v) is 7.59. The van der Waals surface area contributed by atoms with Crippen LogP contribution in [0.2, 0.25) is 0 Å². The van der Waals surface area contributed by atoms with E-state index in [1.54, 1.807) is 11.3 Å². The Morgan fingerprint density at radius 2 is 2.11 bits per heavy atom. The van der Waals surface area contributed by atoms with Crippen LogP contribution < -0.4 is 5.32 Å². The van der Waals surface area contributed by atoms with Gasteiger partial charge >= 0.3 is 0 Å². The van der Waals surface area contributed by atoms with Crippen molar-refractivity contribution in [1.29, 1.82) is 0 Å². The molecule has 2 rings (SSSR count). The molecule has 1 aromatic heterocycles. The fourth-order valence-electron chi connectivity index (χ4n) is 1.93. The number of alkyl halides is 1. The van der Waals surface area contributed by atoms with Gasteiger partial charge in [-0.15, -0.1) is 22.9 Å². The molecule has 1 unspecified atom stereocenters. The van der Waals surface area contributed by atoms with E-state index < -0.39 is 0 Å². The summed E-state index contributed by atoms with van der Waals surface area (Å²) in [6.45, 7) is 6.04. The Kier molecular flexibility index (Phi) is 4.98. The summed E-state index contributed by atoms with van der Waals surface area (Å²) in [5.41, 5.74) is 1.09. The molecule has 18 heavy (non-hydrogen) atoms. The Balaban J connectivity index is 1.83. The third-order valence-electron chi connectivity index (χ3n) is 2.71. The number of nitrogens with zero attached hydrogens (tertiary/aromatic N) is 1. The predicted octanol–water partition coefficient (Wildman–Crippen LogP) is 4.04. The van der Waals surface area contributed by atoms with E-state index in [1.165, 1.54) is 4.70 Å². The van der Waals surface area contributed by atoms with Gasteiger partial charge in [0.25, 0.3) is 0 Å². The average molecular weight is 283 g/mol. The highest BCUT2D eigenvalue weighted by Crippen LogP contribution is 2.21. The van der Waals surface area contributed by atoms with Gasteiger partial charge in [-0.25, -0.2) is 4.98 Å². The lowest BCUT2D eigenvalue weighted by Gasteiger charge is -2.11. The zero-order valence-electron chi connectivity index (χ0n) is 10.8. The maximum Gasteiger partial charge on any atom is 0.108 e. The summed E-state index contributed by atoms with van der Waals surface area (Å²) in [5, 5.41) is 4.72. The van der Waals surface area contributed by atoms with E-state index in [-0.39, 0.29) is 5.38 Å². The number of nitrogens with one attached hydrogen (secondary N) is 1. The van der Waals surface area contributed by atoms with Gasteiger partial charge in [-0.2, -0.15) is 0 Å². The smallest absolute Gasteiger partial charge is 0.108 e. The molecule has 4 heteroatoms. The number of hydrogen-bond donors (Lipinski definition) is 1. The van der Waals surface area contributed by atoms with Crippen molar-refractivity contribution < 1.29 is 0 Å². The Morgan fingerprint density at radius 3 is 2.83 bits per heavy atom. The second-order valence-corrected chi connectivity index (χ2v) is 6.67. The van der Waals surface area contributed by atoms with Crippen LogP contribution in [0.25, 0.3) is 10.2 Å². The monoisotopic (exact) mass is 282 g/mol. The molecule has 2 nitrogen and oxygen atoms in total. The minimum absolute atomic E-state index is 0.208. The van der Waals surface area contributed by atoms with Gasteiger partial charge in [0.15, 0.2) is 0 Å². The van der Waals surface area contributed by atoms with Crippen molar-refractivity contribution in [2.75, 3.05) is 6.54 Å². The Hall–Kier alpha value is -0.640. The number of benzene rings is 1. The van der Waals surface area contributed by atoms with Crippen LogP contribution >= 0.6 is 22.9 Å². The van der Waals surface area contributed by atoms with Gasteiger partial charge in [0.2, 0.25) is 0 Å². The van der Waals surface area contributed by atoms with Crippen molar-refractivity contribution in [2.24, 2.45) is 5.92 Å². The predicted molar refractivity (Wildman–Crippen MR) is 80.4 cm³/mol. The van der Waals surface area contributed by atoms with E-state index in [0.717, 1.165) is 30.0 Å². The van der Waals surface area contributed by atoms with Crippen LogP contribution in [-0.2, 0) is 6.54 Å². The zero-order valence-corrected chi connectivity index (χ0v) is 12.4. The summed E-state index contributed by atoms with van der Waals surface area (Å²) in [7, 11) is 0. The standard InChI is InChI=1S/C14H19ClN2S/c1-10(2)7-11(15)8-16-9-14-17-12-5-3-4-6-13(12)18-14/h3-6,10-11,16H,7-9H2,1-2H3. The van der Waals surface area contributed by atoms with Crippen molar-refractivity contribution in [1.82, 2.24) is 10.3 Å². The number of rotatable bonds is 6. The summed E-state index contributed by atoms with van der Waals surface area (Å²) in [5.74, 6) is 0.650. The molecular formula is C14H19ClN2S. The highest BCUT2D eigenvalue weighted by molar-refractivity contribution is 7.18. The van der Waals surface area contributed by atoms with Crippen molar-refractivity contribution >= 4 is 33.2 Å². The molecule has 0 aliphatic rings. The van der Waals surface area contributed by atoms with E-state index in [9.17, 15) is 0 Å². The number of aromatic nitrogens is 1. The largest absolute Gasteiger partial charge is 0.309 e. The summed E-state index contributed by atoms with van der Waals surface area (Å²) >= 11 is 7.99. The molecule has 2 aromatic rings. The fraction of sp³-hybridized carbons (Fsp3) is 0.500. The van der Waals surface area contributed by atoms with E-state index in [0.29, 0.717) is 5.92 Å². The van der Waals surface area contributed by atoms with Gasteiger partial charge in [0.05, 0.1) is 10.2 Å². The molecule has 1 atom stereocenters. The molecule has 98 valence electrons. The highest BCUT2D eigenvalue weighted by Gasteiger charge is 2.08. The van der Waals surface area contributed by atoms with Crippen LogP contribution in [0, 0.1) is 5.92 Å². The lowest BCUT2D eigenvalue weighted by molar-refractivity contribution is 0.533. The molecule has 0 saturated carbocycles. The normalized spacial score (nSPS) is 13.3. The van der Waals surface area contributed by atoms with Crippen molar-refractivity contribution in [3.8, 4) is 0 Å². The Bertz CT molecular complexity index is 462. The first-order valence-electron chi connectivity index (χ1n) is 6.34. The number of thiazole rings is 1. The van der Waals surface area contributed by atoms with Crippen LogP contribution in [0.1, 0.15) is 25.3 Å². The van der Waals surface area contributed by atoms with E-state index >= 15 is 0 Å². The summed E-state index contributed by atoms with van der Waals surface area (Å²) in [6, 6.07) is 8.24. The minimum atomic E-state index is 0.208. The summed E-state index contributed by atoms with van der Waals surface area (Å²) in [6.07, 6.45) is 1.05. The topological polar surface area (TPSA) is 24.9 Å². The lowest BCUT2D eigenvalue weighted by Crippen LogP contribution is -2.23. The SMILES string of the molecule is CC(C)CC(Cl)CNCc1nc2ccccc2s1. The summed E-state index contributed by atoms with van der Waals surface area (Å²) < 4.78 is 1.25. The van der Waals surface area contributed by atoms with Crippen molar-refractivity contribution in [2.45, 2.75) is 32.2 Å². The first-order chi connectivity index (χ1) is 8.65. The van der Waals surface area contributed by atoms with Crippen LogP contribution in [0.15, 0.2) is 24.3 Å². The second-order valence-electron chi connectivity index (χ2n) is 4.93. The molecule has 0 bridgehead atoms. The molecule has 0 radical (unpaired) electrons. The second kappa shape index (κ2) is 6.50. The minimum Gasteiger partial charge on any atom is -0.309 e. The van der Waals surface area contributed by atoms with Crippen molar-refractivity contribution in [3.63, 3.8) is 0 Å². The number of fused-ring (bicyclic) bond motifs is 1. The van der Waals surface area contributed by atoms with Gasteiger partial charge in [-0.3, -0.25) is 0 Å². The molecule has 1 aromatic carbocycles. The Labute approximate surface area is 117 Å². The van der Waals surface area contributed by atoms with Crippen LogP contribution in [0.4, 0.5) is 0 Å². The molecule has 1 N–H and O–H groups in total. The molecule has 0 saturated heterocycles. The van der Waals surface area contributed by atoms with Gasteiger partial charge in [-0.1, -0.05) is 26.0 Å². The number of para-hydroxylation sites is 1. The zero-order chi connectivity index (χ0) is 13.0. The maximum atomic E-state index is 6.24. The fourth-order valence-corrected chi connectivity index (χ4v) is 3.33. The number of halogens is 1. The van der Waals surface area contributed by atoms with E-state index in [2.05, 4.69) is 42.3 Å². The molecular weight excluding hydrogens is 264 g/mol. The van der Waals surface area contributed by atoms with Gasteiger partial charge < -0.3 is 5.32 Å². The van der Waals surface area contributed by atoms with Crippen LogP contribution in [-0.4, -0.2) is 16.9 Å². The van der Waals surface area contributed by atoms with E-state index in [4.69, 9.17) is 11.6 Å². The van der Waals surface area contributed by atoms with E-state index in [1.807, 2.05) is 6.07 Å². The van der Waals surface area contributed by atoms with Crippen LogP contribution in [0.5, 0.6) is 0 Å². The van der Waals surface area contributed by atoms with Crippen LogP contribution in [0.3, 0.4) is 0 Å². The molecule has 1 heterocycles. The third-order valence-corrected chi connectivity index (χ3v) is 4.08. The third kappa shape index (κ3) is 3.94. The van der Waals surface area contributed by atoms with Gasteiger partial charge in [-0.05, 0) is 24.5 Å². The first kappa shape index (κ1) is 13.8. The molecule has 0 spiro atoms. The van der Waals surface area contributed by atoms with Crippen molar-refractivity contribution in [3.05, 3.63) is 29.3 Å². The molecule has 0 aliphatic carbocycles. The highest BCUT2D eigenvalue weighted by atomic mass is 35.5. The quantitative estimate of drug-likeness (QED) is 0.809. The average Bonchev–Trinajstić information content (AvgIpc) is 2.70. The molecule has 0 aliphatic heterocycles. The van der Waals surface area contributed by atoms with Gasteiger partial charge in [0, 0.05) is 18.5 Å². The molecule has 0 amide bonds. The maximum absolute atomic E-state index is 6.24. The summed E-state index contributed by atoms with van der Waals surface area (Å²) in [4.78, 5) is 4.58. The lowest BCUT2D eigenvalue weighted by atomic mass is 10.1. The Morgan fingerprint density at radius 1 is 1.33 bits per heavy atom. The number of hydrogen-bond acceptors (Lipinski definition) is 3.